The highest BCUT2D eigenvalue weighted by Gasteiger charge is 2.05. The summed E-state index contributed by atoms with van der Waals surface area (Å²) in [5.41, 5.74) is 2.00. The van der Waals surface area contributed by atoms with Gasteiger partial charge in [-0.3, -0.25) is 4.79 Å². The first-order chi connectivity index (χ1) is 10.7. The number of hydrogen-bond donors (Lipinski definition) is 2. The second kappa shape index (κ2) is 7.82. The second-order valence-corrected chi connectivity index (χ2v) is 4.57. The van der Waals surface area contributed by atoms with Crippen molar-refractivity contribution in [1.29, 1.82) is 0 Å². The zero-order valence-electron chi connectivity index (χ0n) is 12.3. The summed E-state index contributed by atoms with van der Waals surface area (Å²) in [6.45, 7) is 0.373. The van der Waals surface area contributed by atoms with Crippen LogP contribution in [0.15, 0.2) is 42.7 Å². The second-order valence-electron chi connectivity index (χ2n) is 4.57. The number of carbonyl (C=O) groups is 2. The molecule has 0 atom stereocenters. The third-order valence-corrected chi connectivity index (χ3v) is 2.97. The predicted molar refractivity (Wildman–Crippen MR) is 80.7 cm³/mol. The van der Waals surface area contributed by atoms with Crippen molar-refractivity contribution < 1.29 is 14.3 Å². The number of para-hydroxylation sites is 1. The topological polar surface area (TPSA) is 85.2 Å². The first kappa shape index (κ1) is 15.6. The Bertz CT molecular complexity index is 625. The number of aromatic nitrogens is 2. The molecule has 0 saturated carbocycles. The van der Waals surface area contributed by atoms with E-state index in [1.807, 2.05) is 36.5 Å². The van der Waals surface area contributed by atoms with E-state index in [9.17, 15) is 9.59 Å². The van der Waals surface area contributed by atoms with Crippen molar-refractivity contribution in [2.45, 2.75) is 6.42 Å². The van der Waals surface area contributed by atoms with E-state index >= 15 is 0 Å². The van der Waals surface area contributed by atoms with Crippen molar-refractivity contribution in [1.82, 2.24) is 20.4 Å². The van der Waals surface area contributed by atoms with Crippen LogP contribution < -0.4 is 10.6 Å². The number of carbonyl (C=O) groups excluding carboxylic acids is 2. The Morgan fingerprint density at radius 1 is 1.23 bits per heavy atom. The van der Waals surface area contributed by atoms with E-state index < -0.39 is 6.09 Å². The highest BCUT2D eigenvalue weighted by atomic mass is 16.5. The van der Waals surface area contributed by atoms with Crippen molar-refractivity contribution >= 4 is 12.0 Å². The molecule has 0 saturated heterocycles. The van der Waals surface area contributed by atoms with Gasteiger partial charge < -0.3 is 15.4 Å². The molecule has 116 valence electrons. The largest absolute Gasteiger partial charge is 0.453 e. The molecule has 2 amide bonds. The van der Waals surface area contributed by atoms with E-state index in [0.717, 1.165) is 11.3 Å². The van der Waals surface area contributed by atoms with Gasteiger partial charge >= 0.3 is 6.09 Å². The Morgan fingerprint density at radius 3 is 2.73 bits per heavy atom. The molecule has 2 aromatic rings. The van der Waals surface area contributed by atoms with Gasteiger partial charge in [-0.2, -0.15) is 5.10 Å². The summed E-state index contributed by atoms with van der Waals surface area (Å²) < 4.78 is 6.17. The number of alkyl carbamates (subject to hydrolysis) is 1. The number of methoxy groups -OCH3 is 1. The monoisotopic (exact) mass is 302 g/mol. The van der Waals surface area contributed by atoms with Crippen LogP contribution in [0.1, 0.15) is 5.56 Å². The Morgan fingerprint density at radius 2 is 2.00 bits per heavy atom. The van der Waals surface area contributed by atoms with Crippen LogP contribution >= 0.6 is 0 Å². The van der Waals surface area contributed by atoms with Crippen LogP contribution in [-0.2, 0) is 16.0 Å². The Labute approximate surface area is 128 Å². The van der Waals surface area contributed by atoms with E-state index in [-0.39, 0.29) is 12.5 Å². The molecule has 1 aromatic heterocycles. The maximum absolute atomic E-state index is 11.5. The van der Waals surface area contributed by atoms with E-state index in [1.165, 1.54) is 7.11 Å². The lowest BCUT2D eigenvalue weighted by atomic mass is 10.2. The highest BCUT2D eigenvalue weighted by Crippen LogP contribution is 2.07. The van der Waals surface area contributed by atoms with Crippen molar-refractivity contribution in [3.05, 3.63) is 48.3 Å². The summed E-state index contributed by atoms with van der Waals surface area (Å²) in [5, 5.41) is 9.32. The van der Waals surface area contributed by atoms with E-state index in [0.29, 0.717) is 13.0 Å². The Balaban J connectivity index is 1.75. The fourth-order valence-corrected chi connectivity index (χ4v) is 1.84. The number of nitrogens with zero attached hydrogens (tertiary/aromatic N) is 2. The van der Waals surface area contributed by atoms with E-state index in [1.54, 1.807) is 10.9 Å². The molecular weight excluding hydrogens is 284 g/mol. The number of nitrogens with one attached hydrogen (secondary N) is 2. The Hall–Kier alpha value is -2.83. The molecule has 7 nitrogen and oxygen atoms in total. The highest BCUT2D eigenvalue weighted by molar-refractivity contribution is 5.81. The zero-order valence-corrected chi connectivity index (χ0v) is 12.3. The summed E-state index contributed by atoms with van der Waals surface area (Å²) >= 11 is 0. The van der Waals surface area contributed by atoms with Gasteiger partial charge in [0.05, 0.1) is 25.5 Å². The quantitative estimate of drug-likeness (QED) is 0.830. The molecule has 0 fully saturated rings. The lowest BCUT2D eigenvalue weighted by molar-refractivity contribution is -0.120. The van der Waals surface area contributed by atoms with Crippen LogP contribution in [0.4, 0.5) is 4.79 Å². The van der Waals surface area contributed by atoms with Crippen LogP contribution in [0.3, 0.4) is 0 Å². The molecule has 22 heavy (non-hydrogen) atoms. The molecule has 0 aliphatic rings. The first-order valence-corrected chi connectivity index (χ1v) is 6.86. The van der Waals surface area contributed by atoms with Gasteiger partial charge in [0.1, 0.15) is 0 Å². The molecule has 0 radical (unpaired) electrons. The number of hydrogen-bond acceptors (Lipinski definition) is 4. The molecule has 0 bridgehead atoms. The summed E-state index contributed by atoms with van der Waals surface area (Å²) in [4.78, 5) is 22.3. The van der Waals surface area contributed by atoms with Gasteiger partial charge in [0.15, 0.2) is 0 Å². The van der Waals surface area contributed by atoms with Crippen LogP contribution in [-0.4, -0.2) is 42.0 Å². The average molecular weight is 302 g/mol. The molecular formula is C15H18N4O3. The normalized spacial score (nSPS) is 10.0. The van der Waals surface area contributed by atoms with Crippen LogP contribution in [0.5, 0.6) is 0 Å². The maximum atomic E-state index is 11.5. The van der Waals surface area contributed by atoms with Crippen LogP contribution in [0, 0.1) is 0 Å². The Kier molecular flexibility index (Phi) is 5.53. The zero-order chi connectivity index (χ0) is 15.8. The van der Waals surface area contributed by atoms with E-state index in [2.05, 4.69) is 20.5 Å². The lowest BCUT2D eigenvalue weighted by Crippen LogP contribution is -2.37. The SMILES string of the molecule is COC(=O)NCC(=O)NCCc1cnn(-c2ccccc2)c1. The fourth-order valence-electron chi connectivity index (χ4n) is 1.84. The summed E-state index contributed by atoms with van der Waals surface area (Å²) in [7, 11) is 1.25. The molecule has 2 N–H and O–H groups in total. The van der Waals surface area contributed by atoms with Gasteiger partial charge in [-0.05, 0) is 24.1 Å². The molecule has 0 aliphatic heterocycles. The summed E-state index contributed by atoms with van der Waals surface area (Å²) in [5.74, 6) is -0.263. The van der Waals surface area contributed by atoms with Gasteiger partial charge in [-0.1, -0.05) is 18.2 Å². The summed E-state index contributed by atoms with van der Waals surface area (Å²) in [6.07, 6.45) is 3.73. The van der Waals surface area contributed by atoms with Gasteiger partial charge in [0.25, 0.3) is 0 Å². The van der Waals surface area contributed by atoms with Crippen LogP contribution in [0.25, 0.3) is 5.69 Å². The third-order valence-electron chi connectivity index (χ3n) is 2.97. The molecule has 1 aromatic carbocycles. The molecule has 0 spiro atoms. The minimum atomic E-state index is -0.626. The smallest absolute Gasteiger partial charge is 0.407 e. The van der Waals surface area contributed by atoms with Crippen molar-refractivity contribution in [2.24, 2.45) is 0 Å². The van der Waals surface area contributed by atoms with Crippen LogP contribution in [0.2, 0.25) is 0 Å². The van der Waals surface area contributed by atoms with Crippen molar-refractivity contribution in [3.63, 3.8) is 0 Å². The van der Waals surface area contributed by atoms with Crippen molar-refractivity contribution in [2.75, 3.05) is 20.2 Å². The molecule has 0 unspecified atom stereocenters. The molecule has 0 aliphatic carbocycles. The first-order valence-electron chi connectivity index (χ1n) is 6.86. The maximum Gasteiger partial charge on any atom is 0.407 e. The fraction of sp³-hybridized carbons (Fsp3) is 0.267. The number of ether oxygens (including phenoxy) is 1. The van der Waals surface area contributed by atoms with Crippen molar-refractivity contribution in [3.8, 4) is 5.69 Å². The predicted octanol–water partition coefficient (Wildman–Crippen LogP) is 0.887. The molecule has 1 heterocycles. The third kappa shape index (κ3) is 4.62. The number of benzene rings is 1. The van der Waals surface area contributed by atoms with Gasteiger partial charge in [0.2, 0.25) is 5.91 Å². The molecule has 7 heteroatoms. The minimum Gasteiger partial charge on any atom is -0.453 e. The van der Waals surface area contributed by atoms with Gasteiger partial charge in [-0.15, -0.1) is 0 Å². The van der Waals surface area contributed by atoms with Gasteiger partial charge in [0, 0.05) is 12.7 Å². The minimum absolute atomic E-state index is 0.101. The molecule has 2 rings (SSSR count). The summed E-state index contributed by atoms with van der Waals surface area (Å²) in [6, 6.07) is 9.79. The average Bonchev–Trinajstić information content (AvgIpc) is 3.02. The van der Waals surface area contributed by atoms with E-state index in [4.69, 9.17) is 0 Å². The number of amides is 2. The standard InChI is InChI=1S/C15H18N4O3/c1-22-15(21)17-10-14(20)16-8-7-12-9-18-19(11-12)13-5-3-2-4-6-13/h2-6,9,11H,7-8,10H2,1H3,(H,16,20)(H,17,21). The lowest BCUT2D eigenvalue weighted by Gasteiger charge is -2.05. The van der Waals surface area contributed by atoms with Gasteiger partial charge in [-0.25, -0.2) is 9.48 Å². The number of rotatable bonds is 6.